The number of carbonyl (C=O) groups excluding carboxylic acids is 2. The van der Waals surface area contributed by atoms with E-state index in [1.165, 1.54) is 18.4 Å². The van der Waals surface area contributed by atoms with Crippen molar-refractivity contribution in [3.05, 3.63) is 22.8 Å². The highest BCUT2D eigenvalue weighted by Gasteiger charge is 2.26. The van der Waals surface area contributed by atoms with Crippen LogP contribution in [0.1, 0.15) is 16.2 Å². The van der Waals surface area contributed by atoms with Gasteiger partial charge in [0, 0.05) is 12.4 Å². The predicted molar refractivity (Wildman–Crippen MR) is 83.3 cm³/mol. The molecule has 3 rings (SSSR count). The second-order valence-corrected chi connectivity index (χ2v) is 5.82. The number of hydrogen-bond donors (Lipinski definition) is 1. The van der Waals surface area contributed by atoms with Crippen molar-refractivity contribution in [2.24, 2.45) is 0 Å². The molecule has 1 aliphatic heterocycles. The summed E-state index contributed by atoms with van der Waals surface area (Å²) in [5, 5.41) is 4.49. The molecule has 2 aromatic rings. The summed E-state index contributed by atoms with van der Waals surface area (Å²) in [6, 6.07) is 1.74. The summed E-state index contributed by atoms with van der Waals surface area (Å²) in [5.41, 5.74) is 1.93. The van der Waals surface area contributed by atoms with Gasteiger partial charge in [-0.25, -0.2) is 14.8 Å². The molecule has 0 saturated heterocycles. The van der Waals surface area contributed by atoms with E-state index in [1.54, 1.807) is 23.3 Å². The molecule has 3 heterocycles. The Morgan fingerprint density at radius 2 is 2.23 bits per heavy atom. The van der Waals surface area contributed by atoms with E-state index in [9.17, 15) is 9.59 Å². The average molecular weight is 318 g/mol. The highest BCUT2D eigenvalue weighted by atomic mass is 32.1. The van der Waals surface area contributed by atoms with E-state index in [4.69, 9.17) is 4.74 Å². The maximum atomic E-state index is 11.7. The van der Waals surface area contributed by atoms with Crippen molar-refractivity contribution < 1.29 is 14.3 Å². The fourth-order valence-electron chi connectivity index (χ4n) is 2.34. The maximum Gasteiger partial charge on any atom is 0.338 e. The zero-order valence-electron chi connectivity index (χ0n) is 12.3. The molecule has 0 bridgehead atoms. The van der Waals surface area contributed by atoms with Crippen LogP contribution in [0.2, 0.25) is 0 Å². The lowest BCUT2D eigenvalue weighted by Gasteiger charge is -2.28. The van der Waals surface area contributed by atoms with Gasteiger partial charge in [-0.3, -0.25) is 4.79 Å². The summed E-state index contributed by atoms with van der Waals surface area (Å²) in [7, 11) is 3.16. The van der Waals surface area contributed by atoms with E-state index in [-0.39, 0.29) is 18.4 Å². The molecule has 7 nitrogen and oxygen atoms in total. The zero-order chi connectivity index (χ0) is 15.9. The van der Waals surface area contributed by atoms with Gasteiger partial charge in [0.2, 0.25) is 5.91 Å². The number of anilines is 2. The van der Waals surface area contributed by atoms with Gasteiger partial charge < -0.3 is 15.0 Å². The summed E-state index contributed by atoms with van der Waals surface area (Å²) >= 11 is 1.40. The Morgan fingerprint density at radius 1 is 1.45 bits per heavy atom. The molecule has 114 valence electrons. The van der Waals surface area contributed by atoms with Crippen LogP contribution in [0.25, 0.3) is 10.6 Å². The number of methoxy groups -OCH3 is 1. The maximum absolute atomic E-state index is 11.7. The second kappa shape index (κ2) is 5.38. The SMILES string of the molecule is COC(=O)c1csc(-c2nc(C)nc3c2N(C)CC(=O)N3)c1. The fraction of sp³-hybridized carbons (Fsp3) is 0.286. The smallest absolute Gasteiger partial charge is 0.338 e. The lowest BCUT2D eigenvalue weighted by atomic mass is 10.2. The molecule has 8 heteroatoms. The molecule has 0 saturated carbocycles. The third kappa shape index (κ3) is 2.41. The topological polar surface area (TPSA) is 84.4 Å². The van der Waals surface area contributed by atoms with Gasteiger partial charge in [0.1, 0.15) is 17.2 Å². The van der Waals surface area contributed by atoms with Gasteiger partial charge in [-0.1, -0.05) is 0 Å². The molecular formula is C14H14N4O3S. The molecule has 1 N–H and O–H groups in total. The minimum Gasteiger partial charge on any atom is -0.465 e. The second-order valence-electron chi connectivity index (χ2n) is 4.91. The van der Waals surface area contributed by atoms with Crippen molar-refractivity contribution in [3.63, 3.8) is 0 Å². The summed E-state index contributed by atoms with van der Waals surface area (Å²) in [6.07, 6.45) is 0. The number of ether oxygens (including phenoxy) is 1. The first-order chi connectivity index (χ1) is 10.5. The number of nitrogens with zero attached hydrogens (tertiary/aromatic N) is 3. The third-order valence-corrected chi connectivity index (χ3v) is 4.21. The average Bonchev–Trinajstić information content (AvgIpc) is 2.94. The van der Waals surface area contributed by atoms with Crippen LogP contribution in [0.3, 0.4) is 0 Å². The van der Waals surface area contributed by atoms with Crippen LogP contribution in [-0.4, -0.2) is 42.5 Å². The standard InChI is InChI=1S/C14H14N4O3S/c1-7-15-11(9-4-8(6-22-9)14(20)21-3)12-13(16-7)17-10(19)5-18(12)2/h4,6H,5H2,1-3H3,(H,15,16,17,19). The van der Waals surface area contributed by atoms with Gasteiger partial charge in [0.15, 0.2) is 5.82 Å². The van der Waals surface area contributed by atoms with Gasteiger partial charge in [-0.05, 0) is 13.0 Å². The number of amides is 1. The van der Waals surface area contributed by atoms with E-state index in [0.29, 0.717) is 22.9 Å². The number of likely N-dealkylation sites (N-methyl/N-ethyl adjacent to an activating group) is 1. The first kappa shape index (κ1) is 14.5. The summed E-state index contributed by atoms with van der Waals surface area (Å²) in [5.74, 6) is 0.552. The van der Waals surface area contributed by atoms with Crippen molar-refractivity contribution in [2.45, 2.75) is 6.92 Å². The van der Waals surface area contributed by atoms with Crippen LogP contribution in [0.5, 0.6) is 0 Å². The van der Waals surface area contributed by atoms with Gasteiger partial charge >= 0.3 is 5.97 Å². The van der Waals surface area contributed by atoms with E-state index >= 15 is 0 Å². The van der Waals surface area contributed by atoms with Gasteiger partial charge in [0.05, 0.1) is 24.1 Å². The van der Waals surface area contributed by atoms with Crippen LogP contribution < -0.4 is 10.2 Å². The number of fused-ring (bicyclic) bond motifs is 1. The first-order valence-corrected chi connectivity index (χ1v) is 7.44. The van der Waals surface area contributed by atoms with E-state index < -0.39 is 0 Å². The van der Waals surface area contributed by atoms with Crippen LogP contribution in [0.15, 0.2) is 11.4 Å². The molecule has 1 aliphatic rings. The van der Waals surface area contributed by atoms with Crippen molar-refractivity contribution in [3.8, 4) is 10.6 Å². The molecule has 1 amide bonds. The molecule has 0 fully saturated rings. The van der Waals surface area contributed by atoms with Gasteiger partial charge in [-0.15, -0.1) is 11.3 Å². The van der Waals surface area contributed by atoms with E-state index in [2.05, 4.69) is 15.3 Å². The number of rotatable bonds is 2. The van der Waals surface area contributed by atoms with Gasteiger partial charge in [0.25, 0.3) is 0 Å². The Balaban J connectivity index is 2.13. The predicted octanol–water partition coefficient (Wildman–Crippen LogP) is 1.69. The Morgan fingerprint density at radius 3 is 2.95 bits per heavy atom. The highest BCUT2D eigenvalue weighted by Crippen LogP contribution is 2.38. The van der Waals surface area contributed by atoms with Crippen LogP contribution in [0.4, 0.5) is 11.5 Å². The quantitative estimate of drug-likeness (QED) is 0.848. The molecule has 0 aliphatic carbocycles. The van der Waals surface area contributed by atoms with Crippen molar-refractivity contribution in [1.82, 2.24) is 9.97 Å². The lowest BCUT2D eigenvalue weighted by Crippen LogP contribution is -2.36. The number of nitrogens with one attached hydrogen (secondary N) is 1. The Hall–Kier alpha value is -2.48. The lowest BCUT2D eigenvalue weighted by molar-refractivity contribution is -0.115. The molecule has 0 radical (unpaired) electrons. The largest absolute Gasteiger partial charge is 0.465 e. The van der Waals surface area contributed by atoms with E-state index in [0.717, 1.165) is 10.6 Å². The Labute approximate surface area is 130 Å². The van der Waals surface area contributed by atoms with Crippen LogP contribution >= 0.6 is 11.3 Å². The normalized spacial score (nSPS) is 13.6. The summed E-state index contributed by atoms with van der Waals surface area (Å²) in [4.78, 5) is 34.7. The monoisotopic (exact) mass is 318 g/mol. The number of thiophene rings is 1. The Bertz CT molecular complexity index is 771. The summed E-state index contributed by atoms with van der Waals surface area (Å²) < 4.78 is 4.72. The number of aromatic nitrogens is 2. The summed E-state index contributed by atoms with van der Waals surface area (Å²) in [6.45, 7) is 2.00. The molecule has 0 atom stereocenters. The van der Waals surface area contributed by atoms with Crippen LogP contribution in [0, 0.1) is 6.92 Å². The molecule has 22 heavy (non-hydrogen) atoms. The van der Waals surface area contributed by atoms with Gasteiger partial charge in [-0.2, -0.15) is 0 Å². The zero-order valence-corrected chi connectivity index (χ0v) is 13.2. The molecule has 0 aromatic carbocycles. The number of carbonyl (C=O) groups is 2. The third-order valence-electron chi connectivity index (χ3n) is 3.27. The highest BCUT2D eigenvalue weighted by molar-refractivity contribution is 7.13. The van der Waals surface area contributed by atoms with Crippen molar-refractivity contribution >= 4 is 34.7 Å². The Kier molecular flexibility index (Phi) is 3.53. The molecule has 0 unspecified atom stereocenters. The first-order valence-electron chi connectivity index (χ1n) is 6.56. The fourth-order valence-corrected chi connectivity index (χ4v) is 3.21. The number of hydrogen-bond acceptors (Lipinski definition) is 7. The van der Waals surface area contributed by atoms with Crippen LogP contribution in [-0.2, 0) is 9.53 Å². The number of aryl methyl sites for hydroxylation is 1. The molecule has 0 spiro atoms. The molecule has 2 aromatic heterocycles. The minimum atomic E-state index is -0.385. The van der Waals surface area contributed by atoms with Crippen molar-refractivity contribution in [2.75, 3.05) is 30.9 Å². The number of esters is 1. The van der Waals surface area contributed by atoms with E-state index in [1.807, 2.05) is 7.05 Å². The van der Waals surface area contributed by atoms with Crippen molar-refractivity contribution in [1.29, 1.82) is 0 Å². The minimum absolute atomic E-state index is 0.111. The molecular weight excluding hydrogens is 304 g/mol.